The maximum absolute atomic E-state index is 12.0. The van der Waals surface area contributed by atoms with E-state index < -0.39 is 0 Å². The Morgan fingerprint density at radius 1 is 1.23 bits per heavy atom. The van der Waals surface area contributed by atoms with E-state index in [-0.39, 0.29) is 36.7 Å². The molecule has 3 amide bonds. The lowest BCUT2D eigenvalue weighted by atomic mass is 10.0. The van der Waals surface area contributed by atoms with Crippen molar-refractivity contribution in [3.8, 4) is 0 Å². The molecule has 2 aliphatic heterocycles. The summed E-state index contributed by atoms with van der Waals surface area (Å²) in [6, 6.07) is 6.93. The van der Waals surface area contributed by atoms with Crippen molar-refractivity contribution in [3.63, 3.8) is 0 Å². The summed E-state index contributed by atoms with van der Waals surface area (Å²) in [5.41, 5.74) is 1.46. The number of likely N-dealkylation sites (tertiary alicyclic amines) is 1. The van der Waals surface area contributed by atoms with Crippen molar-refractivity contribution in [1.82, 2.24) is 15.5 Å². The summed E-state index contributed by atoms with van der Waals surface area (Å²) in [4.78, 5) is 37.4. The molecule has 116 valence electrons. The molecule has 6 nitrogen and oxygen atoms in total. The van der Waals surface area contributed by atoms with Crippen molar-refractivity contribution in [2.24, 2.45) is 0 Å². The number of benzene rings is 1. The molecule has 1 aromatic carbocycles. The fourth-order valence-electron chi connectivity index (χ4n) is 2.99. The Kier molecular flexibility index (Phi) is 4.09. The van der Waals surface area contributed by atoms with Gasteiger partial charge in [-0.1, -0.05) is 18.2 Å². The number of carbonyl (C=O) groups is 3. The number of hydrogen-bond acceptors (Lipinski definition) is 3. The highest BCUT2D eigenvalue weighted by Gasteiger charge is 2.29. The highest BCUT2D eigenvalue weighted by Crippen LogP contribution is 2.27. The predicted octanol–water partition coefficient (Wildman–Crippen LogP) is 0.600. The minimum absolute atomic E-state index is 0.0289. The van der Waals surface area contributed by atoms with E-state index in [1.807, 2.05) is 12.1 Å². The first-order chi connectivity index (χ1) is 10.6. The lowest BCUT2D eigenvalue weighted by molar-refractivity contribution is -0.132. The Morgan fingerprint density at radius 3 is 2.73 bits per heavy atom. The molecule has 0 radical (unpaired) electrons. The number of carbonyl (C=O) groups excluding carboxylic acids is 3. The van der Waals surface area contributed by atoms with Gasteiger partial charge in [-0.05, 0) is 24.5 Å². The zero-order chi connectivity index (χ0) is 15.5. The maximum atomic E-state index is 12.0. The smallest absolute Gasteiger partial charge is 0.252 e. The molecular weight excluding hydrogens is 282 g/mol. The van der Waals surface area contributed by atoms with Gasteiger partial charge >= 0.3 is 0 Å². The molecule has 0 unspecified atom stereocenters. The van der Waals surface area contributed by atoms with Crippen LogP contribution < -0.4 is 10.6 Å². The highest BCUT2D eigenvalue weighted by molar-refractivity contribution is 5.99. The van der Waals surface area contributed by atoms with Crippen LogP contribution in [0.3, 0.4) is 0 Å². The molecule has 1 atom stereocenters. The van der Waals surface area contributed by atoms with Gasteiger partial charge in [0.15, 0.2) is 0 Å². The minimum Gasteiger partial charge on any atom is -0.347 e. The van der Waals surface area contributed by atoms with Gasteiger partial charge in [0.2, 0.25) is 11.8 Å². The molecule has 2 heterocycles. The minimum atomic E-state index is -0.314. The molecular formula is C16H19N3O3. The molecule has 2 aliphatic rings. The zero-order valence-corrected chi connectivity index (χ0v) is 12.3. The third-order valence-electron chi connectivity index (χ3n) is 4.17. The van der Waals surface area contributed by atoms with Crippen molar-refractivity contribution in [3.05, 3.63) is 35.4 Å². The summed E-state index contributed by atoms with van der Waals surface area (Å²) in [6.07, 6.45) is 2.21. The number of fused-ring (bicyclic) bond motifs is 1. The normalized spacial score (nSPS) is 19.7. The van der Waals surface area contributed by atoms with Gasteiger partial charge in [0.1, 0.15) is 0 Å². The molecule has 1 saturated heterocycles. The Hall–Kier alpha value is -2.37. The number of nitrogens with one attached hydrogen (secondary N) is 2. The molecule has 0 spiro atoms. The van der Waals surface area contributed by atoms with Crippen LogP contribution in [0, 0.1) is 0 Å². The second kappa shape index (κ2) is 6.17. The van der Waals surface area contributed by atoms with Gasteiger partial charge in [-0.3, -0.25) is 14.4 Å². The predicted molar refractivity (Wildman–Crippen MR) is 80.1 cm³/mol. The number of rotatable bonds is 4. The average molecular weight is 301 g/mol. The second-order valence-electron chi connectivity index (χ2n) is 5.68. The summed E-state index contributed by atoms with van der Waals surface area (Å²) < 4.78 is 0. The lowest BCUT2D eigenvalue weighted by Gasteiger charge is -2.16. The first kappa shape index (κ1) is 14.6. The first-order valence-corrected chi connectivity index (χ1v) is 7.59. The first-order valence-electron chi connectivity index (χ1n) is 7.59. The number of amides is 3. The molecule has 2 N–H and O–H groups in total. The van der Waals surface area contributed by atoms with E-state index in [4.69, 9.17) is 0 Å². The van der Waals surface area contributed by atoms with Gasteiger partial charge < -0.3 is 15.5 Å². The highest BCUT2D eigenvalue weighted by atomic mass is 16.2. The summed E-state index contributed by atoms with van der Waals surface area (Å²) in [5.74, 6) is -0.419. The Balaban J connectivity index is 1.52. The SMILES string of the molecule is O=C(C[C@@H]1NC(=O)c2ccccc21)NCC(=O)N1CCCC1. The van der Waals surface area contributed by atoms with Crippen molar-refractivity contribution < 1.29 is 14.4 Å². The van der Waals surface area contributed by atoms with Gasteiger partial charge in [-0.15, -0.1) is 0 Å². The summed E-state index contributed by atoms with van der Waals surface area (Å²) in [7, 11) is 0. The van der Waals surface area contributed by atoms with Gasteiger partial charge in [-0.2, -0.15) is 0 Å². The molecule has 0 saturated carbocycles. The molecule has 0 aliphatic carbocycles. The maximum Gasteiger partial charge on any atom is 0.252 e. The second-order valence-corrected chi connectivity index (χ2v) is 5.68. The van der Waals surface area contributed by atoms with Crippen LogP contribution >= 0.6 is 0 Å². The van der Waals surface area contributed by atoms with E-state index in [2.05, 4.69) is 10.6 Å². The van der Waals surface area contributed by atoms with Crippen LogP contribution in [0.25, 0.3) is 0 Å². The van der Waals surface area contributed by atoms with Crippen molar-refractivity contribution in [2.75, 3.05) is 19.6 Å². The average Bonchev–Trinajstić information content (AvgIpc) is 3.15. The van der Waals surface area contributed by atoms with Crippen LogP contribution in [0.1, 0.15) is 41.2 Å². The Morgan fingerprint density at radius 2 is 1.95 bits per heavy atom. The van der Waals surface area contributed by atoms with Crippen molar-refractivity contribution in [2.45, 2.75) is 25.3 Å². The number of nitrogens with zero attached hydrogens (tertiary/aromatic N) is 1. The largest absolute Gasteiger partial charge is 0.347 e. The van der Waals surface area contributed by atoms with E-state index in [0.717, 1.165) is 31.5 Å². The summed E-state index contributed by atoms with van der Waals surface area (Å²) >= 11 is 0. The molecule has 1 fully saturated rings. The van der Waals surface area contributed by atoms with E-state index in [1.54, 1.807) is 17.0 Å². The van der Waals surface area contributed by atoms with Gasteiger partial charge in [0.25, 0.3) is 5.91 Å². The fourth-order valence-corrected chi connectivity index (χ4v) is 2.99. The van der Waals surface area contributed by atoms with Gasteiger partial charge in [-0.25, -0.2) is 0 Å². The zero-order valence-electron chi connectivity index (χ0n) is 12.3. The van der Waals surface area contributed by atoms with E-state index in [0.29, 0.717) is 5.56 Å². The quantitative estimate of drug-likeness (QED) is 0.855. The lowest BCUT2D eigenvalue weighted by Crippen LogP contribution is -2.39. The molecule has 1 aromatic rings. The summed E-state index contributed by atoms with van der Waals surface area (Å²) in [6.45, 7) is 1.59. The van der Waals surface area contributed by atoms with E-state index in [1.165, 1.54) is 0 Å². The topological polar surface area (TPSA) is 78.5 Å². The fraction of sp³-hybridized carbons (Fsp3) is 0.438. The van der Waals surface area contributed by atoms with E-state index >= 15 is 0 Å². The van der Waals surface area contributed by atoms with Crippen LogP contribution in [0.5, 0.6) is 0 Å². The van der Waals surface area contributed by atoms with E-state index in [9.17, 15) is 14.4 Å². The molecule has 0 aromatic heterocycles. The Bertz CT molecular complexity index is 608. The molecule has 6 heteroatoms. The van der Waals surface area contributed by atoms with Crippen molar-refractivity contribution in [1.29, 1.82) is 0 Å². The summed E-state index contributed by atoms with van der Waals surface area (Å²) in [5, 5.41) is 5.45. The molecule has 0 bridgehead atoms. The standard InChI is InChI=1S/C16H19N3O3/c20-14(17-10-15(21)19-7-3-4-8-19)9-13-11-5-1-2-6-12(11)16(22)18-13/h1-2,5-6,13H,3-4,7-10H2,(H,17,20)(H,18,22)/t13-/m0/s1. The molecule has 22 heavy (non-hydrogen) atoms. The third-order valence-corrected chi connectivity index (χ3v) is 4.17. The number of hydrogen-bond donors (Lipinski definition) is 2. The third kappa shape index (κ3) is 2.95. The molecule has 3 rings (SSSR count). The Labute approximate surface area is 128 Å². The van der Waals surface area contributed by atoms with Crippen LogP contribution in [0.2, 0.25) is 0 Å². The van der Waals surface area contributed by atoms with Crippen molar-refractivity contribution >= 4 is 17.7 Å². The van der Waals surface area contributed by atoms with Crippen LogP contribution in [-0.4, -0.2) is 42.3 Å². The monoisotopic (exact) mass is 301 g/mol. The van der Waals surface area contributed by atoms with Crippen LogP contribution in [0.4, 0.5) is 0 Å². The van der Waals surface area contributed by atoms with Crippen LogP contribution in [-0.2, 0) is 9.59 Å². The van der Waals surface area contributed by atoms with Crippen LogP contribution in [0.15, 0.2) is 24.3 Å². The van der Waals surface area contributed by atoms with Gasteiger partial charge in [0, 0.05) is 18.7 Å². The van der Waals surface area contributed by atoms with Gasteiger partial charge in [0.05, 0.1) is 19.0 Å².